The zero-order valence-electron chi connectivity index (χ0n) is 11.4. The van der Waals surface area contributed by atoms with Crippen molar-refractivity contribution in [2.24, 2.45) is 5.84 Å². The van der Waals surface area contributed by atoms with Crippen LogP contribution in [0, 0.1) is 10.1 Å². The summed E-state index contributed by atoms with van der Waals surface area (Å²) in [4.78, 5) is 20.6. The van der Waals surface area contributed by atoms with Crippen LogP contribution in [0.3, 0.4) is 0 Å². The van der Waals surface area contributed by atoms with Crippen LogP contribution in [-0.4, -0.2) is 45.5 Å². The molecular weight excluding hydrogens is 262 g/mol. The third-order valence-corrected chi connectivity index (χ3v) is 3.47. The number of hydrogen-bond acceptors (Lipinski definition) is 8. The number of rotatable bonds is 6. The SMILES string of the molecule is CC(CNc1ncnc(NN)c1[N+](=O)[O-])N1CCCC1. The van der Waals surface area contributed by atoms with Gasteiger partial charge in [-0.25, -0.2) is 15.8 Å². The minimum Gasteiger partial charge on any atom is -0.363 e. The molecule has 1 unspecified atom stereocenters. The maximum absolute atomic E-state index is 11.1. The maximum atomic E-state index is 11.1. The van der Waals surface area contributed by atoms with Crippen molar-refractivity contribution in [3.63, 3.8) is 0 Å². The second-order valence-corrected chi connectivity index (χ2v) is 4.79. The first-order valence-electron chi connectivity index (χ1n) is 6.57. The molecule has 1 fully saturated rings. The van der Waals surface area contributed by atoms with E-state index < -0.39 is 4.92 Å². The van der Waals surface area contributed by atoms with Crippen LogP contribution in [0.1, 0.15) is 19.8 Å². The molecule has 1 saturated heterocycles. The molecule has 1 atom stereocenters. The zero-order valence-corrected chi connectivity index (χ0v) is 11.4. The van der Waals surface area contributed by atoms with Crippen molar-refractivity contribution in [1.82, 2.24) is 14.9 Å². The molecule has 110 valence electrons. The monoisotopic (exact) mass is 281 g/mol. The van der Waals surface area contributed by atoms with Crippen LogP contribution >= 0.6 is 0 Å². The Bertz CT molecular complexity index is 476. The van der Waals surface area contributed by atoms with Gasteiger partial charge in [0.1, 0.15) is 6.33 Å². The van der Waals surface area contributed by atoms with E-state index in [1.807, 2.05) is 0 Å². The van der Waals surface area contributed by atoms with E-state index in [4.69, 9.17) is 5.84 Å². The molecule has 0 spiro atoms. The molecule has 1 aromatic rings. The normalized spacial score (nSPS) is 16.9. The fourth-order valence-corrected chi connectivity index (χ4v) is 2.34. The Kier molecular flexibility index (Phi) is 4.64. The van der Waals surface area contributed by atoms with Crippen molar-refractivity contribution in [2.45, 2.75) is 25.8 Å². The van der Waals surface area contributed by atoms with Crippen LogP contribution in [0.5, 0.6) is 0 Å². The molecule has 4 N–H and O–H groups in total. The predicted octanol–water partition coefficient (Wildman–Crippen LogP) is 0.567. The average molecular weight is 281 g/mol. The number of nitrogens with zero attached hydrogens (tertiary/aromatic N) is 4. The van der Waals surface area contributed by atoms with Gasteiger partial charge in [-0.3, -0.25) is 15.0 Å². The number of aromatic nitrogens is 2. The zero-order chi connectivity index (χ0) is 14.5. The van der Waals surface area contributed by atoms with Gasteiger partial charge in [0.25, 0.3) is 0 Å². The number of hydrogen-bond donors (Lipinski definition) is 3. The van der Waals surface area contributed by atoms with Crippen molar-refractivity contribution in [2.75, 3.05) is 30.4 Å². The number of likely N-dealkylation sites (tertiary alicyclic amines) is 1. The summed E-state index contributed by atoms with van der Waals surface area (Å²) in [6.07, 6.45) is 3.66. The molecule has 1 aromatic heterocycles. The number of nitrogens with two attached hydrogens (primary N) is 1. The van der Waals surface area contributed by atoms with Crippen molar-refractivity contribution >= 4 is 17.3 Å². The van der Waals surface area contributed by atoms with Gasteiger partial charge >= 0.3 is 5.69 Å². The Morgan fingerprint density at radius 1 is 1.45 bits per heavy atom. The molecule has 0 radical (unpaired) electrons. The third-order valence-electron chi connectivity index (χ3n) is 3.47. The summed E-state index contributed by atoms with van der Waals surface area (Å²) in [5.74, 6) is 5.42. The summed E-state index contributed by atoms with van der Waals surface area (Å²) in [6, 6.07) is 0.293. The maximum Gasteiger partial charge on any atom is 0.354 e. The van der Waals surface area contributed by atoms with Gasteiger partial charge in [-0.1, -0.05) is 0 Å². The molecule has 0 amide bonds. The first-order valence-corrected chi connectivity index (χ1v) is 6.57. The van der Waals surface area contributed by atoms with E-state index in [1.54, 1.807) is 0 Å². The summed E-state index contributed by atoms with van der Waals surface area (Å²) in [5.41, 5.74) is 1.98. The highest BCUT2D eigenvalue weighted by Crippen LogP contribution is 2.28. The van der Waals surface area contributed by atoms with Crippen LogP contribution in [-0.2, 0) is 0 Å². The Morgan fingerprint density at radius 3 is 2.70 bits per heavy atom. The summed E-state index contributed by atoms with van der Waals surface area (Å²) in [7, 11) is 0. The first kappa shape index (κ1) is 14.4. The van der Waals surface area contributed by atoms with Crippen LogP contribution in [0.25, 0.3) is 0 Å². The minimum absolute atomic E-state index is 0.00123. The molecule has 0 bridgehead atoms. The largest absolute Gasteiger partial charge is 0.363 e. The summed E-state index contributed by atoms with van der Waals surface area (Å²) < 4.78 is 0. The molecule has 2 heterocycles. The quantitative estimate of drug-likeness (QED) is 0.393. The second-order valence-electron chi connectivity index (χ2n) is 4.79. The summed E-state index contributed by atoms with van der Waals surface area (Å²) >= 11 is 0. The lowest BCUT2D eigenvalue weighted by Gasteiger charge is -2.24. The molecule has 0 saturated carbocycles. The highest BCUT2D eigenvalue weighted by Gasteiger charge is 2.24. The highest BCUT2D eigenvalue weighted by atomic mass is 16.6. The van der Waals surface area contributed by atoms with Crippen LogP contribution in [0.2, 0.25) is 0 Å². The molecule has 1 aliphatic rings. The lowest BCUT2D eigenvalue weighted by Crippen LogP contribution is -2.35. The number of nitrogen functional groups attached to an aromatic ring is 1. The van der Waals surface area contributed by atoms with Crippen molar-refractivity contribution < 1.29 is 4.92 Å². The lowest BCUT2D eigenvalue weighted by atomic mass is 10.3. The van der Waals surface area contributed by atoms with Gasteiger partial charge in [0.05, 0.1) is 4.92 Å². The second kappa shape index (κ2) is 6.44. The van der Waals surface area contributed by atoms with E-state index in [1.165, 1.54) is 19.2 Å². The standard InChI is InChI=1S/C11H19N7O2/c1-8(17-4-2-3-5-17)6-13-10-9(18(19)20)11(16-12)15-7-14-10/h7-8H,2-6,12H2,1H3,(H2,13,14,15,16). The number of anilines is 2. The molecule has 9 heteroatoms. The fraction of sp³-hybridized carbons (Fsp3) is 0.636. The molecule has 20 heavy (non-hydrogen) atoms. The van der Waals surface area contributed by atoms with Crippen LogP contribution in [0.4, 0.5) is 17.3 Å². The minimum atomic E-state index is -0.544. The van der Waals surface area contributed by atoms with Gasteiger partial charge in [-0.05, 0) is 32.9 Å². The molecule has 9 nitrogen and oxygen atoms in total. The van der Waals surface area contributed by atoms with Gasteiger partial charge in [-0.2, -0.15) is 0 Å². The van der Waals surface area contributed by atoms with E-state index in [-0.39, 0.29) is 17.3 Å². The molecule has 0 aromatic carbocycles. The van der Waals surface area contributed by atoms with Gasteiger partial charge in [0.15, 0.2) is 0 Å². The average Bonchev–Trinajstić information content (AvgIpc) is 2.98. The van der Waals surface area contributed by atoms with Gasteiger partial charge in [0.2, 0.25) is 11.6 Å². The Labute approximate surface area is 116 Å². The van der Waals surface area contributed by atoms with E-state index >= 15 is 0 Å². The van der Waals surface area contributed by atoms with Crippen LogP contribution < -0.4 is 16.6 Å². The Morgan fingerprint density at radius 2 is 2.10 bits per heavy atom. The highest BCUT2D eigenvalue weighted by molar-refractivity contribution is 5.68. The van der Waals surface area contributed by atoms with Gasteiger partial charge < -0.3 is 10.7 Å². The number of hydrazine groups is 1. The number of nitro groups is 1. The van der Waals surface area contributed by atoms with Crippen molar-refractivity contribution in [1.29, 1.82) is 0 Å². The molecule has 0 aliphatic carbocycles. The van der Waals surface area contributed by atoms with Crippen molar-refractivity contribution in [3.8, 4) is 0 Å². The Balaban J connectivity index is 2.06. The van der Waals surface area contributed by atoms with Gasteiger partial charge in [0, 0.05) is 12.6 Å². The van der Waals surface area contributed by atoms with Gasteiger partial charge in [-0.15, -0.1) is 0 Å². The summed E-state index contributed by atoms with van der Waals surface area (Å²) in [5, 5.41) is 14.1. The number of nitrogens with one attached hydrogen (secondary N) is 2. The van der Waals surface area contributed by atoms with E-state index in [0.29, 0.717) is 12.6 Å². The van der Waals surface area contributed by atoms with E-state index in [0.717, 1.165) is 13.1 Å². The molecule has 1 aliphatic heterocycles. The molecule has 2 rings (SSSR count). The molecular formula is C11H19N7O2. The van der Waals surface area contributed by atoms with Crippen LogP contribution in [0.15, 0.2) is 6.33 Å². The topological polar surface area (TPSA) is 122 Å². The first-order chi connectivity index (χ1) is 9.63. The summed E-state index contributed by atoms with van der Waals surface area (Å²) in [6.45, 7) is 4.82. The lowest BCUT2D eigenvalue weighted by molar-refractivity contribution is -0.383. The third kappa shape index (κ3) is 3.11. The smallest absolute Gasteiger partial charge is 0.354 e. The van der Waals surface area contributed by atoms with E-state index in [9.17, 15) is 10.1 Å². The van der Waals surface area contributed by atoms with Crippen molar-refractivity contribution in [3.05, 3.63) is 16.4 Å². The fourth-order valence-electron chi connectivity index (χ4n) is 2.34. The van der Waals surface area contributed by atoms with E-state index in [2.05, 4.69) is 32.5 Å². The predicted molar refractivity (Wildman–Crippen MR) is 75.3 cm³/mol. The Hall–Kier alpha value is -2.00.